The molecule has 7 heteroatoms. The molecule has 0 aromatic heterocycles. The van der Waals surface area contributed by atoms with Crippen molar-refractivity contribution in [2.45, 2.75) is 27.2 Å². The van der Waals surface area contributed by atoms with Crippen LogP contribution < -0.4 is 0 Å². The summed E-state index contributed by atoms with van der Waals surface area (Å²) in [7, 11) is 0. The van der Waals surface area contributed by atoms with Crippen molar-refractivity contribution < 1.29 is 33.4 Å². The lowest BCUT2D eigenvalue weighted by atomic mass is 9.91. The highest BCUT2D eigenvalue weighted by Crippen LogP contribution is 2.22. The standard InChI is InChI=1S/C17H18O7/c1-4-17(2,3)16(21)23-8-7-22-13(18)10-5-6-11-12(9-10)15(20)24-14(11)19/h5-6,9H,4,7-8H2,1-3H3. The zero-order valence-corrected chi connectivity index (χ0v) is 13.7. The number of carbonyl (C=O) groups is 4. The first-order valence-corrected chi connectivity index (χ1v) is 7.51. The summed E-state index contributed by atoms with van der Waals surface area (Å²) in [5, 5.41) is 0. The van der Waals surface area contributed by atoms with Crippen molar-refractivity contribution in [2.24, 2.45) is 5.41 Å². The molecule has 0 bridgehead atoms. The summed E-state index contributed by atoms with van der Waals surface area (Å²) in [5.41, 5.74) is -0.324. The van der Waals surface area contributed by atoms with Gasteiger partial charge in [-0.3, -0.25) is 4.79 Å². The molecule has 24 heavy (non-hydrogen) atoms. The topological polar surface area (TPSA) is 96.0 Å². The monoisotopic (exact) mass is 334 g/mol. The van der Waals surface area contributed by atoms with Crippen molar-refractivity contribution in [2.75, 3.05) is 13.2 Å². The van der Waals surface area contributed by atoms with E-state index in [2.05, 4.69) is 4.74 Å². The van der Waals surface area contributed by atoms with E-state index in [1.165, 1.54) is 18.2 Å². The van der Waals surface area contributed by atoms with E-state index in [9.17, 15) is 19.2 Å². The molecule has 128 valence electrons. The van der Waals surface area contributed by atoms with Gasteiger partial charge in [0.1, 0.15) is 13.2 Å². The van der Waals surface area contributed by atoms with Crippen molar-refractivity contribution in [1.82, 2.24) is 0 Å². The van der Waals surface area contributed by atoms with E-state index in [-0.39, 0.29) is 35.9 Å². The van der Waals surface area contributed by atoms with Gasteiger partial charge in [0.25, 0.3) is 0 Å². The van der Waals surface area contributed by atoms with Gasteiger partial charge in [0.2, 0.25) is 0 Å². The normalized spacial score (nSPS) is 13.3. The van der Waals surface area contributed by atoms with E-state index in [0.29, 0.717) is 6.42 Å². The van der Waals surface area contributed by atoms with E-state index in [1.807, 2.05) is 6.92 Å². The van der Waals surface area contributed by atoms with Crippen LogP contribution in [0.2, 0.25) is 0 Å². The molecule has 1 heterocycles. The first-order valence-electron chi connectivity index (χ1n) is 7.51. The molecule has 0 saturated carbocycles. The Morgan fingerprint density at radius 1 is 1.04 bits per heavy atom. The molecule has 0 spiro atoms. The Morgan fingerprint density at radius 2 is 1.67 bits per heavy atom. The van der Waals surface area contributed by atoms with Crippen molar-refractivity contribution in [3.05, 3.63) is 34.9 Å². The Labute approximate surface area is 138 Å². The lowest BCUT2D eigenvalue weighted by Crippen LogP contribution is -2.27. The molecule has 0 unspecified atom stereocenters. The fourth-order valence-corrected chi connectivity index (χ4v) is 1.90. The summed E-state index contributed by atoms with van der Waals surface area (Å²) in [5.74, 6) is -2.57. The number of hydrogen-bond donors (Lipinski definition) is 0. The highest BCUT2D eigenvalue weighted by Gasteiger charge is 2.30. The van der Waals surface area contributed by atoms with Gasteiger partial charge in [0, 0.05) is 0 Å². The second-order valence-electron chi connectivity index (χ2n) is 5.95. The lowest BCUT2D eigenvalue weighted by molar-refractivity contribution is -0.155. The van der Waals surface area contributed by atoms with Crippen LogP contribution in [0.15, 0.2) is 18.2 Å². The molecule has 0 amide bonds. The first kappa shape index (κ1) is 17.7. The Kier molecular flexibility index (Phi) is 5.02. The van der Waals surface area contributed by atoms with Crippen LogP contribution in [0.5, 0.6) is 0 Å². The van der Waals surface area contributed by atoms with Gasteiger partial charge in [0.15, 0.2) is 0 Å². The molecular weight excluding hydrogens is 316 g/mol. The predicted octanol–water partition coefficient (Wildman–Crippen LogP) is 2.13. The molecule has 0 saturated heterocycles. The van der Waals surface area contributed by atoms with Gasteiger partial charge in [-0.15, -0.1) is 0 Å². The minimum absolute atomic E-state index is 0.0329. The molecule has 1 aliphatic heterocycles. The summed E-state index contributed by atoms with van der Waals surface area (Å²) in [6.45, 7) is 5.26. The maximum absolute atomic E-state index is 11.9. The molecule has 0 atom stereocenters. The van der Waals surface area contributed by atoms with Crippen molar-refractivity contribution in [1.29, 1.82) is 0 Å². The van der Waals surface area contributed by atoms with Crippen LogP contribution in [0.25, 0.3) is 0 Å². The molecule has 0 fully saturated rings. The SMILES string of the molecule is CCC(C)(C)C(=O)OCCOC(=O)c1ccc2c(c1)C(=O)OC2=O. The van der Waals surface area contributed by atoms with Crippen molar-refractivity contribution in [3.8, 4) is 0 Å². The fourth-order valence-electron chi connectivity index (χ4n) is 1.90. The van der Waals surface area contributed by atoms with Gasteiger partial charge in [-0.1, -0.05) is 6.92 Å². The minimum Gasteiger partial charge on any atom is -0.462 e. The Morgan fingerprint density at radius 3 is 2.33 bits per heavy atom. The van der Waals surface area contributed by atoms with E-state index in [4.69, 9.17) is 9.47 Å². The first-order chi connectivity index (χ1) is 11.3. The predicted molar refractivity (Wildman–Crippen MR) is 81.5 cm³/mol. The molecule has 1 aliphatic rings. The second kappa shape index (κ2) is 6.82. The number of ether oxygens (including phenoxy) is 3. The van der Waals surface area contributed by atoms with Gasteiger partial charge >= 0.3 is 23.9 Å². The third-order valence-corrected chi connectivity index (χ3v) is 3.87. The molecule has 2 rings (SSSR count). The van der Waals surface area contributed by atoms with Gasteiger partial charge in [-0.2, -0.15) is 0 Å². The largest absolute Gasteiger partial charge is 0.462 e. The zero-order valence-electron chi connectivity index (χ0n) is 13.7. The van der Waals surface area contributed by atoms with Crippen LogP contribution in [-0.4, -0.2) is 37.1 Å². The average molecular weight is 334 g/mol. The number of carbonyl (C=O) groups excluding carboxylic acids is 4. The molecule has 0 aliphatic carbocycles. The lowest BCUT2D eigenvalue weighted by Gasteiger charge is -2.20. The van der Waals surface area contributed by atoms with Crippen LogP contribution in [0.4, 0.5) is 0 Å². The maximum Gasteiger partial charge on any atom is 0.346 e. The summed E-state index contributed by atoms with van der Waals surface area (Å²) in [4.78, 5) is 46.5. The van der Waals surface area contributed by atoms with E-state index in [0.717, 1.165) is 0 Å². The molecule has 0 radical (unpaired) electrons. The van der Waals surface area contributed by atoms with Crippen LogP contribution >= 0.6 is 0 Å². The zero-order chi connectivity index (χ0) is 17.9. The van der Waals surface area contributed by atoms with E-state index >= 15 is 0 Å². The highest BCUT2D eigenvalue weighted by atomic mass is 16.6. The van der Waals surface area contributed by atoms with Crippen LogP contribution in [0, 0.1) is 5.41 Å². The number of rotatable bonds is 6. The summed E-state index contributed by atoms with van der Waals surface area (Å²) >= 11 is 0. The van der Waals surface area contributed by atoms with E-state index in [1.54, 1.807) is 13.8 Å². The third kappa shape index (κ3) is 3.61. The minimum atomic E-state index is -0.791. The van der Waals surface area contributed by atoms with Crippen LogP contribution in [0.3, 0.4) is 0 Å². The van der Waals surface area contributed by atoms with Crippen molar-refractivity contribution in [3.63, 3.8) is 0 Å². The summed E-state index contributed by atoms with van der Waals surface area (Å²) in [6.07, 6.45) is 0.634. The quantitative estimate of drug-likeness (QED) is 0.340. The van der Waals surface area contributed by atoms with Crippen LogP contribution in [0.1, 0.15) is 58.3 Å². The van der Waals surface area contributed by atoms with Gasteiger partial charge in [-0.25, -0.2) is 14.4 Å². The molecule has 1 aromatic rings. The smallest absolute Gasteiger partial charge is 0.346 e. The van der Waals surface area contributed by atoms with Crippen LogP contribution in [-0.2, 0) is 19.0 Å². The average Bonchev–Trinajstić information content (AvgIpc) is 2.85. The summed E-state index contributed by atoms with van der Waals surface area (Å²) in [6, 6.07) is 3.95. The molecular formula is C17H18O7. The van der Waals surface area contributed by atoms with Gasteiger partial charge in [-0.05, 0) is 38.5 Å². The molecule has 7 nitrogen and oxygen atoms in total. The summed E-state index contributed by atoms with van der Waals surface area (Å²) < 4.78 is 14.5. The van der Waals surface area contributed by atoms with Crippen molar-refractivity contribution >= 4 is 23.9 Å². The fraction of sp³-hybridized carbons (Fsp3) is 0.412. The number of hydrogen-bond acceptors (Lipinski definition) is 7. The second-order valence-corrected chi connectivity index (χ2v) is 5.95. The Balaban J connectivity index is 1.88. The van der Waals surface area contributed by atoms with E-state index < -0.39 is 23.3 Å². The number of esters is 4. The molecule has 0 N–H and O–H groups in total. The number of fused-ring (bicyclic) bond motifs is 1. The highest BCUT2D eigenvalue weighted by molar-refractivity contribution is 6.15. The van der Waals surface area contributed by atoms with Gasteiger partial charge < -0.3 is 14.2 Å². The maximum atomic E-state index is 11.9. The third-order valence-electron chi connectivity index (χ3n) is 3.87. The number of benzene rings is 1. The van der Waals surface area contributed by atoms with Gasteiger partial charge in [0.05, 0.1) is 22.1 Å². The number of cyclic esters (lactones) is 2. The Hall–Kier alpha value is -2.70. The molecule has 1 aromatic carbocycles. The Bertz CT molecular complexity index is 703.